The van der Waals surface area contributed by atoms with E-state index in [1.807, 2.05) is 6.92 Å². The van der Waals surface area contributed by atoms with Gasteiger partial charge in [-0.15, -0.1) is 0 Å². The molecular weight excluding hydrogens is 112 g/mol. The first-order valence-electron chi connectivity index (χ1n) is 2.72. The maximum atomic E-state index is 11.5. The molecule has 1 atom stereocenters. The van der Waals surface area contributed by atoms with Crippen LogP contribution in [0.4, 0.5) is 8.78 Å². The molecule has 0 aliphatic carbocycles. The maximum absolute atomic E-state index is 11.5. The van der Waals surface area contributed by atoms with Gasteiger partial charge in [0.15, 0.2) is 0 Å². The van der Waals surface area contributed by atoms with E-state index in [0.717, 1.165) is 6.42 Å². The minimum atomic E-state index is -2.35. The molecule has 0 heterocycles. The first-order valence-corrected chi connectivity index (χ1v) is 2.72. The van der Waals surface area contributed by atoms with Crippen molar-refractivity contribution in [2.75, 3.05) is 0 Å². The molecule has 0 bridgehead atoms. The van der Waals surface area contributed by atoms with Gasteiger partial charge >= 0.3 is 0 Å². The van der Waals surface area contributed by atoms with Crippen molar-refractivity contribution >= 4 is 0 Å². The molecule has 0 spiro atoms. The van der Waals surface area contributed by atoms with E-state index < -0.39 is 12.5 Å². The Morgan fingerprint density at radius 2 is 2.00 bits per heavy atom. The van der Waals surface area contributed by atoms with Crippen molar-refractivity contribution < 1.29 is 8.78 Å². The molecule has 50 valence electrons. The van der Waals surface area contributed by atoms with Gasteiger partial charge in [0.25, 0.3) is 6.43 Å². The molecule has 3 heteroatoms. The zero-order valence-electron chi connectivity index (χ0n) is 4.90. The van der Waals surface area contributed by atoms with Crippen molar-refractivity contribution in [3.63, 3.8) is 0 Å². The maximum Gasteiger partial charge on any atom is 0.253 e. The molecular formula is C5H11F2N. The zero-order valence-corrected chi connectivity index (χ0v) is 4.90. The van der Waals surface area contributed by atoms with Gasteiger partial charge in [-0.25, -0.2) is 8.78 Å². The summed E-state index contributed by atoms with van der Waals surface area (Å²) in [7, 11) is 0. The lowest BCUT2D eigenvalue weighted by Crippen LogP contribution is -2.27. The van der Waals surface area contributed by atoms with Crippen molar-refractivity contribution in [3.05, 3.63) is 0 Å². The molecule has 0 rings (SSSR count). The average molecular weight is 123 g/mol. The lowest BCUT2D eigenvalue weighted by Gasteiger charge is -2.06. The van der Waals surface area contributed by atoms with Crippen molar-refractivity contribution in [1.29, 1.82) is 0 Å². The molecule has 0 saturated carbocycles. The first kappa shape index (κ1) is 7.82. The summed E-state index contributed by atoms with van der Waals surface area (Å²) in [5.74, 6) is 0. The summed E-state index contributed by atoms with van der Waals surface area (Å²) < 4.78 is 23.0. The molecule has 0 aromatic carbocycles. The van der Waals surface area contributed by atoms with Crippen LogP contribution in [-0.4, -0.2) is 12.5 Å². The summed E-state index contributed by atoms with van der Waals surface area (Å²) in [5, 5.41) is 0. The second-order valence-corrected chi connectivity index (χ2v) is 1.79. The predicted octanol–water partition coefficient (Wildman–Crippen LogP) is 1.38. The van der Waals surface area contributed by atoms with Gasteiger partial charge < -0.3 is 5.73 Å². The highest BCUT2D eigenvalue weighted by atomic mass is 19.3. The lowest BCUT2D eigenvalue weighted by molar-refractivity contribution is 0.112. The Labute approximate surface area is 47.9 Å². The molecule has 8 heavy (non-hydrogen) atoms. The fraction of sp³-hybridized carbons (Fsp3) is 1.00. The van der Waals surface area contributed by atoms with Crippen molar-refractivity contribution in [1.82, 2.24) is 0 Å². The van der Waals surface area contributed by atoms with Crippen LogP contribution >= 0.6 is 0 Å². The van der Waals surface area contributed by atoms with Gasteiger partial charge in [-0.05, 0) is 6.42 Å². The molecule has 0 radical (unpaired) electrons. The molecule has 1 nitrogen and oxygen atoms in total. The van der Waals surface area contributed by atoms with Crippen LogP contribution in [-0.2, 0) is 0 Å². The van der Waals surface area contributed by atoms with E-state index in [-0.39, 0.29) is 0 Å². The van der Waals surface area contributed by atoms with Gasteiger partial charge in [0.1, 0.15) is 0 Å². The highest BCUT2D eigenvalue weighted by Gasteiger charge is 2.12. The Balaban J connectivity index is 3.17. The fourth-order valence-corrected chi connectivity index (χ4v) is 0.459. The van der Waals surface area contributed by atoms with E-state index in [1.165, 1.54) is 0 Å². The third-order valence-electron chi connectivity index (χ3n) is 0.946. The Morgan fingerprint density at radius 1 is 1.50 bits per heavy atom. The zero-order chi connectivity index (χ0) is 6.57. The van der Waals surface area contributed by atoms with Crippen LogP contribution in [0.2, 0.25) is 0 Å². The van der Waals surface area contributed by atoms with Gasteiger partial charge in [0.05, 0.1) is 6.04 Å². The quantitative estimate of drug-likeness (QED) is 0.602. The Hall–Kier alpha value is -0.180. The summed E-state index contributed by atoms with van der Waals surface area (Å²) >= 11 is 0. The minimum Gasteiger partial charge on any atom is -0.323 e. The molecule has 0 aromatic rings. The molecule has 0 aromatic heterocycles. The van der Waals surface area contributed by atoms with Gasteiger partial charge in [-0.1, -0.05) is 13.3 Å². The number of halogens is 2. The Morgan fingerprint density at radius 3 is 2.12 bits per heavy atom. The topological polar surface area (TPSA) is 26.0 Å². The number of nitrogens with two attached hydrogens (primary N) is 1. The van der Waals surface area contributed by atoms with Crippen LogP contribution in [0, 0.1) is 0 Å². The second kappa shape index (κ2) is 3.78. The monoisotopic (exact) mass is 123 g/mol. The number of hydrogen-bond donors (Lipinski definition) is 1. The summed E-state index contributed by atoms with van der Waals surface area (Å²) in [6.07, 6.45) is -1.21. The van der Waals surface area contributed by atoms with E-state index in [9.17, 15) is 8.78 Å². The van der Waals surface area contributed by atoms with E-state index in [1.54, 1.807) is 0 Å². The van der Waals surface area contributed by atoms with Crippen molar-refractivity contribution in [2.24, 2.45) is 5.73 Å². The number of alkyl halides is 2. The van der Waals surface area contributed by atoms with Crippen LogP contribution in [0.15, 0.2) is 0 Å². The van der Waals surface area contributed by atoms with Crippen molar-refractivity contribution in [3.8, 4) is 0 Å². The largest absolute Gasteiger partial charge is 0.323 e. The average Bonchev–Trinajstić information content (AvgIpc) is 1.67. The molecule has 0 fully saturated rings. The minimum absolute atomic E-state index is 0.414. The first-order chi connectivity index (χ1) is 3.68. The van der Waals surface area contributed by atoms with E-state index in [2.05, 4.69) is 0 Å². The molecule has 2 N–H and O–H groups in total. The Kier molecular flexibility index (Phi) is 3.69. The standard InChI is InChI=1S/C5H11F2N/c1-2-3-4(8)5(6)7/h4-5H,2-3,8H2,1H3. The van der Waals surface area contributed by atoms with Gasteiger partial charge in [0.2, 0.25) is 0 Å². The highest BCUT2D eigenvalue weighted by Crippen LogP contribution is 2.03. The van der Waals surface area contributed by atoms with Crippen molar-refractivity contribution in [2.45, 2.75) is 32.2 Å². The predicted molar refractivity (Wildman–Crippen MR) is 28.9 cm³/mol. The van der Waals surface area contributed by atoms with Crippen LogP contribution in [0.25, 0.3) is 0 Å². The summed E-state index contributed by atoms with van der Waals surface area (Å²) in [5.41, 5.74) is 4.98. The SMILES string of the molecule is CCCC(N)C(F)F. The fourth-order valence-electron chi connectivity index (χ4n) is 0.459. The number of rotatable bonds is 3. The van der Waals surface area contributed by atoms with Gasteiger partial charge in [0, 0.05) is 0 Å². The second-order valence-electron chi connectivity index (χ2n) is 1.79. The lowest BCUT2D eigenvalue weighted by atomic mass is 10.2. The third kappa shape index (κ3) is 2.91. The van der Waals surface area contributed by atoms with Crippen LogP contribution in [0.1, 0.15) is 19.8 Å². The van der Waals surface area contributed by atoms with Crippen LogP contribution in [0.3, 0.4) is 0 Å². The smallest absolute Gasteiger partial charge is 0.253 e. The highest BCUT2D eigenvalue weighted by molar-refractivity contribution is 4.61. The molecule has 0 aliphatic rings. The summed E-state index contributed by atoms with van der Waals surface area (Å²) in [6, 6.07) is -0.917. The summed E-state index contributed by atoms with van der Waals surface area (Å²) in [4.78, 5) is 0. The van der Waals surface area contributed by atoms with Gasteiger partial charge in [-0.2, -0.15) is 0 Å². The third-order valence-corrected chi connectivity index (χ3v) is 0.946. The van der Waals surface area contributed by atoms with Crippen LogP contribution < -0.4 is 5.73 Å². The van der Waals surface area contributed by atoms with E-state index in [0.29, 0.717) is 6.42 Å². The number of hydrogen-bond acceptors (Lipinski definition) is 1. The molecule has 0 saturated heterocycles. The summed E-state index contributed by atoms with van der Waals surface area (Å²) in [6.45, 7) is 1.84. The van der Waals surface area contributed by atoms with Gasteiger partial charge in [-0.3, -0.25) is 0 Å². The van der Waals surface area contributed by atoms with E-state index >= 15 is 0 Å². The molecule has 0 aliphatic heterocycles. The normalized spacial score (nSPS) is 14.6. The van der Waals surface area contributed by atoms with E-state index in [4.69, 9.17) is 5.73 Å². The van der Waals surface area contributed by atoms with Crippen LogP contribution in [0.5, 0.6) is 0 Å². The molecule has 0 amide bonds. The molecule has 1 unspecified atom stereocenters. The Bertz CT molecular complexity index is 56.4.